The summed E-state index contributed by atoms with van der Waals surface area (Å²) < 4.78 is 0. The molecule has 0 spiro atoms. The first kappa shape index (κ1) is 12.1. The predicted molar refractivity (Wildman–Crippen MR) is 73.1 cm³/mol. The molecule has 0 saturated carbocycles. The highest BCUT2D eigenvalue weighted by molar-refractivity contribution is 5.85. The molecule has 17 heavy (non-hydrogen) atoms. The minimum Gasteiger partial charge on any atom is -0.330 e. The van der Waals surface area contributed by atoms with Gasteiger partial charge in [0.1, 0.15) is 0 Å². The van der Waals surface area contributed by atoms with Gasteiger partial charge in [0.2, 0.25) is 0 Å². The van der Waals surface area contributed by atoms with Gasteiger partial charge >= 0.3 is 0 Å². The molecule has 0 radical (unpaired) electrons. The zero-order valence-electron chi connectivity index (χ0n) is 10.4. The Kier molecular flexibility index (Phi) is 4.10. The third-order valence-corrected chi connectivity index (χ3v) is 3.19. The molecule has 1 aromatic heterocycles. The molecule has 90 valence electrons. The van der Waals surface area contributed by atoms with Gasteiger partial charge in [0.25, 0.3) is 0 Å². The maximum absolute atomic E-state index is 5.53. The van der Waals surface area contributed by atoms with E-state index in [2.05, 4.69) is 36.2 Å². The summed E-state index contributed by atoms with van der Waals surface area (Å²) in [6.07, 6.45) is 6.21. The van der Waals surface area contributed by atoms with Gasteiger partial charge in [0.15, 0.2) is 0 Å². The van der Waals surface area contributed by atoms with Crippen molar-refractivity contribution in [1.29, 1.82) is 0 Å². The number of nitrogens with two attached hydrogens (primary N) is 1. The minimum absolute atomic E-state index is 0.769. The molecule has 0 amide bonds. The average molecular weight is 228 g/mol. The van der Waals surface area contributed by atoms with E-state index >= 15 is 0 Å². The number of benzene rings is 1. The molecule has 1 heterocycles. The highest BCUT2D eigenvalue weighted by Gasteiger charge is 2.03. The first-order valence-electron chi connectivity index (χ1n) is 6.41. The number of rotatable bonds is 5. The molecule has 2 aromatic rings. The van der Waals surface area contributed by atoms with Crippen LogP contribution in [0.5, 0.6) is 0 Å². The van der Waals surface area contributed by atoms with Gasteiger partial charge in [-0.05, 0) is 55.3 Å². The standard InChI is InChI=1S/C15H20N2/c1-2-12-6-7-13-8-10-17-15(14(13)11-12)5-3-4-9-16/h6-8,10-11H,2-5,9,16H2,1H3. The number of aromatic nitrogens is 1. The van der Waals surface area contributed by atoms with Crippen molar-refractivity contribution < 1.29 is 0 Å². The number of aryl methyl sites for hydroxylation is 2. The maximum Gasteiger partial charge on any atom is 0.0481 e. The first-order valence-corrected chi connectivity index (χ1v) is 6.41. The first-order chi connectivity index (χ1) is 8.35. The Hall–Kier alpha value is -1.41. The number of fused-ring (bicyclic) bond motifs is 1. The molecule has 1 aromatic carbocycles. The quantitative estimate of drug-likeness (QED) is 0.799. The molecule has 0 bridgehead atoms. The number of unbranched alkanes of at least 4 members (excludes halogenated alkanes) is 1. The predicted octanol–water partition coefficient (Wildman–Crippen LogP) is 3.08. The van der Waals surface area contributed by atoms with Crippen LogP contribution in [0.1, 0.15) is 31.0 Å². The van der Waals surface area contributed by atoms with Gasteiger partial charge in [-0.1, -0.05) is 19.1 Å². The summed E-state index contributed by atoms with van der Waals surface area (Å²) in [5.41, 5.74) is 8.12. The van der Waals surface area contributed by atoms with Crippen molar-refractivity contribution in [3.63, 3.8) is 0 Å². The third-order valence-electron chi connectivity index (χ3n) is 3.19. The van der Waals surface area contributed by atoms with E-state index < -0.39 is 0 Å². The summed E-state index contributed by atoms with van der Waals surface area (Å²) in [6.45, 7) is 2.95. The van der Waals surface area contributed by atoms with Crippen LogP contribution < -0.4 is 5.73 Å². The third kappa shape index (κ3) is 2.83. The summed E-state index contributed by atoms with van der Waals surface area (Å²) in [6, 6.07) is 8.76. The molecular weight excluding hydrogens is 208 g/mol. The van der Waals surface area contributed by atoms with Crippen molar-refractivity contribution in [3.8, 4) is 0 Å². The van der Waals surface area contributed by atoms with Gasteiger partial charge < -0.3 is 5.73 Å². The van der Waals surface area contributed by atoms with Crippen molar-refractivity contribution in [2.75, 3.05) is 6.54 Å². The minimum atomic E-state index is 0.769. The lowest BCUT2D eigenvalue weighted by atomic mass is 10.0. The van der Waals surface area contributed by atoms with E-state index in [9.17, 15) is 0 Å². The van der Waals surface area contributed by atoms with Gasteiger partial charge in [-0.25, -0.2) is 0 Å². The fourth-order valence-corrected chi connectivity index (χ4v) is 2.13. The van der Waals surface area contributed by atoms with Crippen LogP contribution in [0.3, 0.4) is 0 Å². The van der Waals surface area contributed by atoms with Crippen LogP contribution in [0.4, 0.5) is 0 Å². The highest BCUT2D eigenvalue weighted by Crippen LogP contribution is 2.20. The lowest BCUT2D eigenvalue weighted by Crippen LogP contribution is -2.00. The Balaban J connectivity index is 2.33. The molecule has 0 unspecified atom stereocenters. The fourth-order valence-electron chi connectivity index (χ4n) is 2.13. The van der Waals surface area contributed by atoms with E-state index in [1.54, 1.807) is 0 Å². The summed E-state index contributed by atoms with van der Waals surface area (Å²) >= 11 is 0. The van der Waals surface area contributed by atoms with Gasteiger partial charge in [-0.3, -0.25) is 4.98 Å². The van der Waals surface area contributed by atoms with Crippen molar-refractivity contribution in [1.82, 2.24) is 4.98 Å². The second-order valence-electron chi connectivity index (χ2n) is 4.41. The van der Waals surface area contributed by atoms with Crippen molar-refractivity contribution in [2.24, 2.45) is 5.73 Å². The van der Waals surface area contributed by atoms with Crippen LogP contribution in [0.2, 0.25) is 0 Å². The van der Waals surface area contributed by atoms with Crippen LogP contribution in [-0.4, -0.2) is 11.5 Å². The highest BCUT2D eigenvalue weighted by atomic mass is 14.7. The van der Waals surface area contributed by atoms with Crippen LogP contribution in [0.25, 0.3) is 10.8 Å². The molecule has 2 nitrogen and oxygen atoms in total. The van der Waals surface area contributed by atoms with Gasteiger partial charge in [-0.15, -0.1) is 0 Å². The number of hydrogen-bond acceptors (Lipinski definition) is 2. The fraction of sp³-hybridized carbons (Fsp3) is 0.400. The van der Waals surface area contributed by atoms with Crippen LogP contribution in [0, 0.1) is 0 Å². The van der Waals surface area contributed by atoms with Crippen LogP contribution in [-0.2, 0) is 12.8 Å². The van der Waals surface area contributed by atoms with E-state index in [1.807, 2.05) is 6.20 Å². The van der Waals surface area contributed by atoms with Gasteiger partial charge in [-0.2, -0.15) is 0 Å². The Morgan fingerprint density at radius 2 is 2.06 bits per heavy atom. The molecule has 0 fully saturated rings. The number of hydrogen-bond donors (Lipinski definition) is 1. The monoisotopic (exact) mass is 228 g/mol. The van der Waals surface area contributed by atoms with Crippen molar-refractivity contribution in [2.45, 2.75) is 32.6 Å². The lowest BCUT2D eigenvalue weighted by molar-refractivity contribution is 0.736. The second-order valence-corrected chi connectivity index (χ2v) is 4.41. The lowest BCUT2D eigenvalue weighted by Gasteiger charge is -2.07. The molecule has 2 rings (SSSR count). The second kappa shape index (κ2) is 5.78. The molecule has 0 aliphatic carbocycles. The Labute approximate surface area is 103 Å². The van der Waals surface area contributed by atoms with Crippen LogP contribution in [0.15, 0.2) is 30.5 Å². The summed E-state index contributed by atoms with van der Waals surface area (Å²) in [7, 11) is 0. The molecule has 0 aliphatic heterocycles. The van der Waals surface area contributed by atoms with Gasteiger partial charge in [0.05, 0.1) is 0 Å². The Morgan fingerprint density at radius 3 is 2.82 bits per heavy atom. The number of pyridine rings is 1. The molecule has 0 aliphatic rings. The number of nitrogens with zero attached hydrogens (tertiary/aromatic N) is 1. The maximum atomic E-state index is 5.53. The van der Waals surface area contributed by atoms with E-state index in [0.717, 1.165) is 32.2 Å². The van der Waals surface area contributed by atoms with Gasteiger partial charge in [0, 0.05) is 17.3 Å². The Morgan fingerprint density at radius 1 is 1.18 bits per heavy atom. The van der Waals surface area contributed by atoms with E-state index in [0.29, 0.717) is 0 Å². The summed E-state index contributed by atoms with van der Waals surface area (Å²) in [5, 5.41) is 2.60. The van der Waals surface area contributed by atoms with E-state index in [-0.39, 0.29) is 0 Å². The van der Waals surface area contributed by atoms with E-state index in [1.165, 1.54) is 22.0 Å². The zero-order valence-corrected chi connectivity index (χ0v) is 10.4. The Bertz CT molecular complexity index is 491. The van der Waals surface area contributed by atoms with E-state index in [4.69, 9.17) is 5.73 Å². The smallest absolute Gasteiger partial charge is 0.0481 e. The topological polar surface area (TPSA) is 38.9 Å². The molecule has 0 atom stereocenters. The zero-order chi connectivity index (χ0) is 12.1. The SMILES string of the molecule is CCc1ccc2ccnc(CCCCN)c2c1. The molecule has 2 heteroatoms. The van der Waals surface area contributed by atoms with Crippen molar-refractivity contribution >= 4 is 10.8 Å². The summed E-state index contributed by atoms with van der Waals surface area (Å²) in [4.78, 5) is 4.51. The van der Waals surface area contributed by atoms with Crippen molar-refractivity contribution in [3.05, 3.63) is 41.7 Å². The molecular formula is C15H20N2. The van der Waals surface area contributed by atoms with Crippen LogP contribution >= 0.6 is 0 Å². The normalized spacial score (nSPS) is 10.9. The molecule has 2 N–H and O–H groups in total. The molecule has 0 saturated heterocycles. The summed E-state index contributed by atoms with van der Waals surface area (Å²) in [5.74, 6) is 0. The average Bonchev–Trinajstić information content (AvgIpc) is 2.39. The largest absolute Gasteiger partial charge is 0.330 e.